The molecule has 1 saturated carbocycles. The lowest BCUT2D eigenvalue weighted by Gasteiger charge is -2.15. The Balaban J connectivity index is 2.07. The Labute approximate surface area is 107 Å². The third-order valence-electron chi connectivity index (χ3n) is 3.27. The Morgan fingerprint density at radius 1 is 1.44 bits per heavy atom. The van der Waals surface area contributed by atoms with E-state index in [-0.39, 0.29) is 5.97 Å². The summed E-state index contributed by atoms with van der Waals surface area (Å²) >= 11 is 0. The highest BCUT2D eigenvalue weighted by Crippen LogP contribution is 2.25. The van der Waals surface area contributed by atoms with E-state index in [1.165, 1.54) is 7.11 Å². The maximum atomic E-state index is 11.6. The van der Waals surface area contributed by atoms with Crippen LogP contribution in [0.25, 0.3) is 0 Å². The number of nitrogens with zero attached hydrogens (tertiary/aromatic N) is 1. The number of hydrogen-bond acceptors (Lipinski definition) is 5. The fourth-order valence-electron chi connectivity index (χ4n) is 2.27. The normalized spacial score (nSPS) is 22.8. The van der Waals surface area contributed by atoms with E-state index in [0.717, 1.165) is 19.3 Å². The second kappa shape index (κ2) is 5.82. The van der Waals surface area contributed by atoms with Gasteiger partial charge in [0.05, 0.1) is 13.2 Å². The summed E-state index contributed by atoms with van der Waals surface area (Å²) in [6, 6.07) is 3.74. The molecule has 18 heavy (non-hydrogen) atoms. The average molecular weight is 250 g/mol. The summed E-state index contributed by atoms with van der Waals surface area (Å²) in [5.74, 6) is 0.220. The van der Waals surface area contributed by atoms with Gasteiger partial charge in [-0.05, 0) is 31.4 Å². The number of hydrogen-bond donors (Lipinski definition) is 1. The molecule has 0 saturated heterocycles. The SMILES string of the molecule is COC(=O)c1cccnc1NC1CCC(OC)C1. The fourth-order valence-corrected chi connectivity index (χ4v) is 2.27. The van der Waals surface area contributed by atoms with E-state index in [0.29, 0.717) is 23.5 Å². The van der Waals surface area contributed by atoms with Crippen molar-refractivity contribution in [3.05, 3.63) is 23.9 Å². The van der Waals surface area contributed by atoms with Gasteiger partial charge in [0, 0.05) is 19.3 Å². The van der Waals surface area contributed by atoms with Crippen molar-refractivity contribution >= 4 is 11.8 Å². The van der Waals surface area contributed by atoms with Crippen LogP contribution in [0.5, 0.6) is 0 Å². The van der Waals surface area contributed by atoms with E-state index >= 15 is 0 Å². The Morgan fingerprint density at radius 3 is 2.94 bits per heavy atom. The second-order valence-electron chi connectivity index (χ2n) is 4.40. The van der Waals surface area contributed by atoms with Gasteiger partial charge in [-0.25, -0.2) is 9.78 Å². The first-order valence-electron chi connectivity index (χ1n) is 6.07. The van der Waals surface area contributed by atoms with E-state index in [1.807, 2.05) is 0 Å². The summed E-state index contributed by atoms with van der Waals surface area (Å²) in [4.78, 5) is 15.8. The van der Waals surface area contributed by atoms with Crippen molar-refractivity contribution in [2.45, 2.75) is 31.4 Å². The maximum absolute atomic E-state index is 11.6. The minimum Gasteiger partial charge on any atom is -0.465 e. The molecule has 1 aromatic rings. The minimum absolute atomic E-state index is 0.299. The van der Waals surface area contributed by atoms with Gasteiger partial charge in [0.15, 0.2) is 0 Å². The third-order valence-corrected chi connectivity index (χ3v) is 3.27. The van der Waals surface area contributed by atoms with Gasteiger partial charge in [0.2, 0.25) is 0 Å². The monoisotopic (exact) mass is 250 g/mol. The molecule has 2 rings (SSSR count). The van der Waals surface area contributed by atoms with Gasteiger partial charge >= 0.3 is 5.97 Å². The zero-order valence-corrected chi connectivity index (χ0v) is 10.7. The van der Waals surface area contributed by atoms with Gasteiger partial charge in [0.1, 0.15) is 11.4 Å². The Morgan fingerprint density at radius 2 is 2.28 bits per heavy atom. The van der Waals surface area contributed by atoms with Gasteiger partial charge < -0.3 is 14.8 Å². The molecular weight excluding hydrogens is 232 g/mol. The minimum atomic E-state index is -0.369. The zero-order chi connectivity index (χ0) is 13.0. The maximum Gasteiger partial charge on any atom is 0.341 e. The standard InChI is InChI=1S/C13H18N2O3/c1-17-10-6-5-9(8-10)15-12-11(13(16)18-2)4-3-7-14-12/h3-4,7,9-10H,5-6,8H2,1-2H3,(H,14,15). The molecule has 0 aromatic carbocycles. The van der Waals surface area contributed by atoms with Crippen LogP contribution >= 0.6 is 0 Å². The van der Waals surface area contributed by atoms with E-state index in [4.69, 9.17) is 9.47 Å². The third kappa shape index (κ3) is 2.79. The lowest BCUT2D eigenvalue weighted by Crippen LogP contribution is -2.20. The number of rotatable bonds is 4. The van der Waals surface area contributed by atoms with Crippen molar-refractivity contribution in [1.82, 2.24) is 4.98 Å². The van der Waals surface area contributed by atoms with Crippen LogP contribution in [0.15, 0.2) is 18.3 Å². The topological polar surface area (TPSA) is 60.5 Å². The van der Waals surface area contributed by atoms with Crippen LogP contribution in [0.4, 0.5) is 5.82 Å². The van der Waals surface area contributed by atoms with Gasteiger partial charge in [0.25, 0.3) is 0 Å². The summed E-state index contributed by atoms with van der Waals surface area (Å²) in [5, 5.41) is 3.30. The molecule has 0 spiro atoms. The van der Waals surface area contributed by atoms with E-state index in [1.54, 1.807) is 25.4 Å². The Kier molecular flexibility index (Phi) is 4.15. The number of anilines is 1. The summed E-state index contributed by atoms with van der Waals surface area (Å²) < 4.78 is 10.1. The molecule has 1 aliphatic carbocycles. The summed E-state index contributed by atoms with van der Waals surface area (Å²) in [6.45, 7) is 0. The molecule has 1 fully saturated rings. The Bertz CT molecular complexity index is 422. The van der Waals surface area contributed by atoms with Crippen LogP contribution in [0, 0.1) is 0 Å². The summed E-state index contributed by atoms with van der Waals surface area (Å²) in [6.07, 6.45) is 4.96. The van der Waals surface area contributed by atoms with E-state index < -0.39 is 0 Å². The summed E-state index contributed by atoms with van der Waals surface area (Å²) in [5.41, 5.74) is 0.473. The average Bonchev–Trinajstić information content (AvgIpc) is 2.86. The molecular formula is C13H18N2O3. The van der Waals surface area contributed by atoms with Crippen LogP contribution in [0.1, 0.15) is 29.6 Å². The van der Waals surface area contributed by atoms with Gasteiger partial charge in [-0.1, -0.05) is 0 Å². The number of methoxy groups -OCH3 is 2. The van der Waals surface area contributed by atoms with Crippen LogP contribution in [-0.4, -0.2) is 37.3 Å². The largest absolute Gasteiger partial charge is 0.465 e. The van der Waals surface area contributed by atoms with Crippen LogP contribution in [0.2, 0.25) is 0 Å². The first-order chi connectivity index (χ1) is 8.74. The van der Waals surface area contributed by atoms with Crippen molar-refractivity contribution in [3.63, 3.8) is 0 Å². The molecule has 5 heteroatoms. The first-order valence-corrected chi connectivity index (χ1v) is 6.07. The highest BCUT2D eigenvalue weighted by molar-refractivity contribution is 5.94. The van der Waals surface area contributed by atoms with Crippen molar-refractivity contribution in [3.8, 4) is 0 Å². The molecule has 0 amide bonds. The molecule has 0 bridgehead atoms. The first kappa shape index (κ1) is 12.8. The Hall–Kier alpha value is -1.62. The van der Waals surface area contributed by atoms with Crippen molar-refractivity contribution < 1.29 is 14.3 Å². The van der Waals surface area contributed by atoms with Crippen LogP contribution in [0.3, 0.4) is 0 Å². The van der Waals surface area contributed by atoms with Crippen molar-refractivity contribution in [1.29, 1.82) is 0 Å². The molecule has 5 nitrogen and oxygen atoms in total. The zero-order valence-electron chi connectivity index (χ0n) is 10.7. The van der Waals surface area contributed by atoms with E-state index in [9.17, 15) is 4.79 Å². The van der Waals surface area contributed by atoms with Crippen molar-refractivity contribution in [2.24, 2.45) is 0 Å². The lowest BCUT2D eigenvalue weighted by atomic mass is 10.2. The fraction of sp³-hybridized carbons (Fsp3) is 0.538. The quantitative estimate of drug-likeness (QED) is 0.826. The van der Waals surface area contributed by atoms with Crippen molar-refractivity contribution in [2.75, 3.05) is 19.5 Å². The van der Waals surface area contributed by atoms with Crippen LogP contribution < -0.4 is 5.32 Å². The molecule has 1 aromatic heterocycles. The number of ether oxygens (including phenoxy) is 2. The van der Waals surface area contributed by atoms with Gasteiger partial charge in [-0.15, -0.1) is 0 Å². The molecule has 2 atom stereocenters. The molecule has 98 valence electrons. The van der Waals surface area contributed by atoms with Gasteiger partial charge in [-0.3, -0.25) is 0 Å². The molecule has 2 unspecified atom stereocenters. The highest BCUT2D eigenvalue weighted by atomic mass is 16.5. The second-order valence-corrected chi connectivity index (χ2v) is 4.40. The lowest BCUT2D eigenvalue weighted by molar-refractivity contribution is 0.0601. The predicted octanol–water partition coefficient (Wildman–Crippen LogP) is 1.85. The highest BCUT2D eigenvalue weighted by Gasteiger charge is 2.25. The number of esters is 1. The predicted molar refractivity (Wildman–Crippen MR) is 67.6 cm³/mol. The van der Waals surface area contributed by atoms with Crippen LogP contribution in [-0.2, 0) is 9.47 Å². The number of carbonyl (C=O) groups excluding carboxylic acids is 1. The number of pyridine rings is 1. The molecule has 1 aliphatic rings. The number of nitrogens with one attached hydrogen (secondary N) is 1. The molecule has 1 heterocycles. The smallest absolute Gasteiger partial charge is 0.341 e. The number of aromatic nitrogens is 1. The summed E-state index contributed by atoms with van der Waals surface area (Å²) in [7, 11) is 3.10. The van der Waals surface area contributed by atoms with E-state index in [2.05, 4.69) is 10.3 Å². The molecule has 0 radical (unpaired) electrons. The molecule has 1 N–H and O–H groups in total. The number of carbonyl (C=O) groups is 1. The molecule has 0 aliphatic heterocycles. The van der Waals surface area contributed by atoms with Gasteiger partial charge in [-0.2, -0.15) is 0 Å².